The minimum absolute atomic E-state index is 0. The van der Waals surface area contributed by atoms with Crippen molar-refractivity contribution in [3.8, 4) is 5.88 Å². The summed E-state index contributed by atoms with van der Waals surface area (Å²) in [5.74, 6) is 1.48. The monoisotopic (exact) mass is 452 g/mol. The van der Waals surface area contributed by atoms with E-state index in [1.54, 1.807) is 13.2 Å². The maximum absolute atomic E-state index is 5.67. The quantitative estimate of drug-likeness (QED) is 0.360. The van der Waals surface area contributed by atoms with Crippen molar-refractivity contribution in [2.45, 2.75) is 38.5 Å². The third kappa shape index (κ3) is 8.64. The first kappa shape index (κ1) is 22.3. The molecule has 0 unspecified atom stereocenters. The van der Waals surface area contributed by atoms with Crippen molar-refractivity contribution in [2.75, 3.05) is 26.5 Å². The first-order chi connectivity index (χ1) is 10.5. The lowest BCUT2D eigenvalue weighted by Crippen LogP contribution is -2.43. The zero-order chi connectivity index (χ0) is 16.4. The standard InChI is InChI=1S/C16H28N4OS.HI/c1-6-10-21-14-13(8-7-9-18-14)11-19-15(17-4)20-12-16(2,3)22-5;/h7-9H,6,10-12H2,1-5H3,(H2,17,19,20);1H. The number of aromatic nitrogens is 1. The lowest BCUT2D eigenvalue weighted by molar-refractivity contribution is 0.301. The molecule has 0 atom stereocenters. The summed E-state index contributed by atoms with van der Waals surface area (Å²) in [6, 6.07) is 3.94. The fraction of sp³-hybridized carbons (Fsp3) is 0.625. The van der Waals surface area contributed by atoms with Gasteiger partial charge in [0.15, 0.2) is 5.96 Å². The Morgan fingerprint density at radius 1 is 1.39 bits per heavy atom. The highest BCUT2D eigenvalue weighted by Gasteiger charge is 2.16. The molecule has 1 heterocycles. The maximum Gasteiger partial charge on any atom is 0.218 e. The molecule has 0 amide bonds. The van der Waals surface area contributed by atoms with Crippen LogP contribution in [0.3, 0.4) is 0 Å². The molecule has 0 aliphatic rings. The van der Waals surface area contributed by atoms with Gasteiger partial charge in [-0.05, 0) is 32.6 Å². The molecular formula is C16H29IN4OS. The highest BCUT2D eigenvalue weighted by Crippen LogP contribution is 2.19. The first-order valence-electron chi connectivity index (χ1n) is 7.58. The summed E-state index contributed by atoms with van der Waals surface area (Å²) in [5.41, 5.74) is 1.03. The molecule has 7 heteroatoms. The van der Waals surface area contributed by atoms with Crippen LogP contribution in [0, 0.1) is 0 Å². The van der Waals surface area contributed by atoms with Gasteiger partial charge in [-0.15, -0.1) is 24.0 Å². The minimum Gasteiger partial charge on any atom is -0.477 e. The van der Waals surface area contributed by atoms with Crippen molar-refractivity contribution < 1.29 is 4.74 Å². The third-order valence-electron chi connectivity index (χ3n) is 3.20. The van der Waals surface area contributed by atoms with Gasteiger partial charge in [-0.3, -0.25) is 4.99 Å². The Balaban J connectivity index is 0.00000484. The normalized spacial score (nSPS) is 11.6. The summed E-state index contributed by atoms with van der Waals surface area (Å²) in [4.78, 5) is 8.55. The van der Waals surface area contributed by atoms with Crippen LogP contribution in [0.5, 0.6) is 5.88 Å². The van der Waals surface area contributed by atoms with E-state index in [0.29, 0.717) is 19.0 Å². The van der Waals surface area contributed by atoms with Gasteiger partial charge < -0.3 is 15.4 Å². The van der Waals surface area contributed by atoms with E-state index in [1.165, 1.54) is 0 Å². The van der Waals surface area contributed by atoms with Crippen LogP contribution in [0.15, 0.2) is 23.3 Å². The average Bonchev–Trinajstić information content (AvgIpc) is 2.54. The Morgan fingerprint density at radius 3 is 2.74 bits per heavy atom. The molecule has 1 rings (SSSR count). The molecule has 1 aromatic rings. The van der Waals surface area contributed by atoms with E-state index >= 15 is 0 Å². The van der Waals surface area contributed by atoms with Crippen molar-refractivity contribution in [1.82, 2.24) is 15.6 Å². The zero-order valence-corrected chi connectivity index (χ0v) is 17.8. The molecule has 0 saturated heterocycles. The van der Waals surface area contributed by atoms with Crippen LogP contribution in [-0.4, -0.2) is 42.1 Å². The van der Waals surface area contributed by atoms with Gasteiger partial charge in [-0.1, -0.05) is 13.0 Å². The Morgan fingerprint density at radius 2 is 2.13 bits per heavy atom. The number of nitrogens with zero attached hydrogens (tertiary/aromatic N) is 2. The van der Waals surface area contributed by atoms with Crippen LogP contribution in [0.1, 0.15) is 32.8 Å². The highest BCUT2D eigenvalue weighted by atomic mass is 127. The topological polar surface area (TPSA) is 58.5 Å². The number of guanidine groups is 1. The van der Waals surface area contributed by atoms with Gasteiger partial charge in [0.05, 0.1) is 6.61 Å². The lowest BCUT2D eigenvalue weighted by Gasteiger charge is -2.23. The summed E-state index contributed by atoms with van der Waals surface area (Å²) in [6.45, 7) is 8.65. The number of hydrogen-bond acceptors (Lipinski definition) is 4. The molecule has 5 nitrogen and oxygen atoms in total. The van der Waals surface area contributed by atoms with Gasteiger partial charge in [-0.25, -0.2) is 4.98 Å². The molecule has 23 heavy (non-hydrogen) atoms. The molecule has 0 aromatic carbocycles. The van der Waals surface area contributed by atoms with Crippen LogP contribution >= 0.6 is 35.7 Å². The number of aliphatic imine (C=N–C) groups is 1. The predicted octanol–water partition coefficient (Wildman–Crippen LogP) is 3.30. The molecule has 2 N–H and O–H groups in total. The first-order valence-corrected chi connectivity index (χ1v) is 8.81. The predicted molar refractivity (Wildman–Crippen MR) is 111 cm³/mol. The summed E-state index contributed by atoms with van der Waals surface area (Å²) in [5, 5.41) is 6.66. The zero-order valence-electron chi connectivity index (χ0n) is 14.7. The molecular weight excluding hydrogens is 423 g/mol. The largest absolute Gasteiger partial charge is 0.477 e. The highest BCUT2D eigenvalue weighted by molar-refractivity contribution is 14.0. The van der Waals surface area contributed by atoms with Crippen LogP contribution in [0.2, 0.25) is 0 Å². The van der Waals surface area contributed by atoms with E-state index in [0.717, 1.165) is 24.5 Å². The van der Waals surface area contributed by atoms with Gasteiger partial charge in [0, 0.05) is 36.6 Å². The Bertz CT molecular complexity index is 483. The van der Waals surface area contributed by atoms with Crippen LogP contribution in [0.4, 0.5) is 0 Å². The number of thioether (sulfide) groups is 1. The van der Waals surface area contributed by atoms with Gasteiger partial charge in [-0.2, -0.15) is 11.8 Å². The maximum atomic E-state index is 5.67. The third-order valence-corrected chi connectivity index (χ3v) is 4.45. The lowest BCUT2D eigenvalue weighted by atomic mass is 10.2. The van der Waals surface area contributed by atoms with Gasteiger partial charge in [0.25, 0.3) is 0 Å². The molecule has 1 aromatic heterocycles. The summed E-state index contributed by atoms with van der Waals surface area (Å²) in [7, 11) is 1.78. The van der Waals surface area contributed by atoms with Crippen molar-refractivity contribution in [3.05, 3.63) is 23.9 Å². The number of hydrogen-bond donors (Lipinski definition) is 2. The Kier molecular flexibility index (Phi) is 11.4. The molecule has 0 saturated carbocycles. The summed E-state index contributed by atoms with van der Waals surface area (Å²) >= 11 is 1.83. The Hall–Kier alpha value is -0.700. The second-order valence-electron chi connectivity index (χ2n) is 5.56. The number of pyridine rings is 1. The average molecular weight is 452 g/mol. The van der Waals surface area contributed by atoms with E-state index in [2.05, 4.69) is 47.6 Å². The smallest absolute Gasteiger partial charge is 0.218 e. The minimum atomic E-state index is 0. The van der Waals surface area contributed by atoms with Crippen LogP contribution < -0.4 is 15.4 Å². The molecule has 0 spiro atoms. The second kappa shape index (κ2) is 11.8. The fourth-order valence-corrected chi connectivity index (χ4v) is 1.87. The molecule has 0 aliphatic heterocycles. The van der Waals surface area contributed by atoms with E-state index < -0.39 is 0 Å². The SMILES string of the molecule is CCCOc1ncccc1CNC(=NC)NCC(C)(C)SC.I. The molecule has 132 valence electrons. The number of rotatable bonds is 8. The number of ether oxygens (including phenoxy) is 1. The van der Waals surface area contributed by atoms with Crippen molar-refractivity contribution in [2.24, 2.45) is 4.99 Å². The van der Waals surface area contributed by atoms with Gasteiger partial charge in [0.2, 0.25) is 5.88 Å². The van der Waals surface area contributed by atoms with Gasteiger partial charge >= 0.3 is 0 Å². The fourth-order valence-electron chi connectivity index (χ4n) is 1.66. The number of nitrogens with one attached hydrogen (secondary N) is 2. The van der Waals surface area contributed by atoms with E-state index in [4.69, 9.17) is 4.74 Å². The second-order valence-corrected chi connectivity index (χ2v) is 7.07. The van der Waals surface area contributed by atoms with Crippen molar-refractivity contribution in [1.29, 1.82) is 0 Å². The van der Waals surface area contributed by atoms with E-state index in [9.17, 15) is 0 Å². The number of halogens is 1. The van der Waals surface area contributed by atoms with Crippen LogP contribution in [-0.2, 0) is 6.54 Å². The Labute approximate surface area is 161 Å². The van der Waals surface area contributed by atoms with E-state index in [-0.39, 0.29) is 28.7 Å². The van der Waals surface area contributed by atoms with E-state index in [1.807, 2.05) is 23.9 Å². The summed E-state index contributed by atoms with van der Waals surface area (Å²) < 4.78 is 5.84. The molecule has 0 bridgehead atoms. The molecule has 0 radical (unpaired) electrons. The van der Waals surface area contributed by atoms with Crippen molar-refractivity contribution in [3.63, 3.8) is 0 Å². The molecule has 0 aliphatic carbocycles. The van der Waals surface area contributed by atoms with Crippen LogP contribution in [0.25, 0.3) is 0 Å². The van der Waals surface area contributed by atoms with Crippen molar-refractivity contribution >= 4 is 41.7 Å². The summed E-state index contributed by atoms with van der Waals surface area (Å²) in [6.07, 6.45) is 4.84. The van der Waals surface area contributed by atoms with Gasteiger partial charge in [0.1, 0.15) is 0 Å². The molecule has 0 fully saturated rings.